The Morgan fingerprint density at radius 2 is 1.95 bits per heavy atom. The van der Waals surface area contributed by atoms with E-state index in [1.807, 2.05) is 0 Å². The summed E-state index contributed by atoms with van der Waals surface area (Å²) in [6, 6.07) is -0.595. The van der Waals surface area contributed by atoms with E-state index in [4.69, 9.17) is 10.2 Å². The topological polar surface area (TPSA) is 137 Å². The Bertz CT molecular complexity index is 479. The number of aromatic nitrogens is 3. The van der Waals surface area contributed by atoms with Crippen LogP contribution in [0.5, 0.6) is 0 Å². The zero-order chi connectivity index (χ0) is 14.4. The predicted octanol–water partition coefficient (Wildman–Crippen LogP) is -0.554. The van der Waals surface area contributed by atoms with Crippen LogP contribution < -0.4 is 10.6 Å². The molecule has 0 radical (unpaired) electrons. The van der Waals surface area contributed by atoms with E-state index in [1.165, 1.54) is 0 Å². The van der Waals surface area contributed by atoms with Gasteiger partial charge in [-0.2, -0.15) is 5.10 Å². The number of carbonyl (C=O) groups is 2. The number of aliphatic hydroxyl groups is 1. The molecule has 0 aliphatic rings. The van der Waals surface area contributed by atoms with E-state index in [0.717, 1.165) is 0 Å². The number of amides is 2. The molecule has 1 atom stereocenters. The van der Waals surface area contributed by atoms with Crippen LogP contribution in [-0.4, -0.2) is 50.0 Å². The lowest BCUT2D eigenvalue weighted by atomic mass is 10.2. The summed E-state index contributed by atoms with van der Waals surface area (Å²) in [5, 5.41) is 29.6. The van der Waals surface area contributed by atoms with Gasteiger partial charge in [-0.3, -0.25) is 5.32 Å². The van der Waals surface area contributed by atoms with Gasteiger partial charge in [0.15, 0.2) is 6.10 Å². The monoisotopic (exact) mass is 269 g/mol. The number of nitrogens with one attached hydrogen (secondary N) is 2. The zero-order valence-electron chi connectivity index (χ0n) is 10.5. The average Bonchev–Trinajstić information content (AvgIpc) is 2.33. The first-order valence-corrected chi connectivity index (χ1v) is 5.53. The number of hydrogen-bond donors (Lipinski definition) is 4. The van der Waals surface area contributed by atoms with Gasteiger partial charge in [-0.05, 0) is 13.8 Å². The largest absolute Gasteiger partial charge is 0.479 e. The fraction of sp³-hybridized carbons (Fsp3) is 0.500. The second-order valence-electron chi connectivity index (χ2n) is 3.83. The molecule has 0 spiro atoms. The van der Waals surface area contributed by atoms with Gasteiger partial charge in [0.25, 0.3) is 5.95 Å². The van der Waals surface area contributed by atoms with Crippen molar-refractivity contribution >= 4 is 17.9 Å². The summed E-state index contributed by atoms with van der Waals surface area (Å²) < 4.78 is 0. The summed E-state index contributed by atoms with van der Waals surface area (Å²) in [6.07, 6.45) is -1.59. The molecule has 1 rings (SSSR count). The Morgan fingerprint density at radius 1 is 1.26 bits per heavy atom. The Balaban J connectivity index is 2.39. The first-order chi connectivity index (χ1) is 8.90. The van der Waals surface area contributed by atoms with Gasteiger partial charge in [0.1, 0.15) is 0 Å². The predicted molar refractivity (Wildman–Crippen MR) is 64.6 cm³/mol. The summed E-state index contributed by atoms with van der Waals surface area (Å²) >= 11 is 0. The zero-order valence-corrected chi connectivity index (χ0v) is 10.5. The molecule has 0 aliphatic heterocycles. The number of carboxylic acid groups (broad SMARTS) is 1. The lowest BCUT2D eigenvalue weighted by Gasteiger charge is -2.08. The first-order valence-electron chi connectivity index (χ1n) is 5.53. The Morgan fingerprint density at radius 3 is 2.53 bits per heavy atom. The minimum Gasteiger partial charge on any atom is -0.479 e. The van der Waals surface area contributed by atoms with Gasteiger partial charge in [0.2, 0.25) is 0 Å². The third-order valence-electron chi connectivity index (χ3n) is 2.31. The summed E-state index contributed by atoms with van der Waals surface area (Å²) in [4.78, 5) is 25.7. The number of carbonyl (C=O) groups excluding carboxylic acids is 1. The van der Waals surface area contributed by atoms with E-state index in [1.54, 1.807) is 13.8 Å². The third kappa shape index (κ3) is 4.84. The number of carboxylic acids is 1. The van der Waals surface area contributed by atoms with E-state index < -0.39 is 18.1 Å². The third-order valence-corrected chi connectivity index (χ3v) is 2.31. The van der Waals surface area contributed by atoms with Crippen LogP contribution in [0.2, 0.25) is 0 Å². The maximum absolute atomic E-state index is 11.4. The highest BCUT2D eigenvalue weighted by Gasteiger charge is 2.13. The number of nitrogens with zero attached hydrogens (tertiary/aromatic N) is 3. The van der Waals surface area contributed by atoms with Gasteiger partial charge in [-0.1, -0.05) is 0 Å². The molecule has 1 heterocycles. The highest BCUT2D eigenvalue weighted by molar-refractivity contribution is 5.87. The molecule has 0 fully saturated rings. The van der Waals surface area contributed by atoms with Gasteiger partial charge in [0, 0.05) is 13.0 Å². The van der Waals surface area contributed by atoms with E-state index in [2.05, 4.69) is 25.8 Å². The molecular formula is C10H15N5O4. The average molecular weight is 269 g/mol. The van der Waals surface area contributed by atoms with Crippen LogP contribution in [0.3, 0.4) is 0 Å². The number of anilines is 1. The smallest absolute Gasteiger partial charge is 0.332 e. The highest BCUT2D eigenvalue weighted by Crippen LogP contribution is 2.01. The maximum atomic E-state index is 11.4. The lowest BCUT2D eigenvalue weighted by molar-refractivity contribution is -0.146. The van der Waals surface area contributed by atoms with Crippen molar-refractivity contribution in [3.8, 4) is 0 Å². The number of aryl methyl sites for hydroxylation is 2. The number of aliphatic hydroxyl groups excluding tert-OH is 1. The Hall–Kier alpha value is -2.29. The molecule has 0 bridgehead atoms. The van der Waals surface area contributed by atoms with Gasteiger partial charge < -0.3 is 15.5 Å². The summed E-state index contributed by atoms with van der Waals surface area (Å²) in [7, 11) is 0. The second kappa shape index (κ2) is 6.59. The fourth-order valence-electron chi connectivity index (χ4n) is 1.10. The van der Waals surface area contributed by atoms with Crippen molar-refractivity contribution in [2.45, 2.75) is 26.4 Å². The van der Waals surface area contributed by atoms with E-state index >= 15 is 0 Å². The van der Waals surface area contributed by atoms with Crippen molar-refractivity contribution in [1.82, 2.24) is 20.5 Å². The first kappa shape index (κ1) is 14.8. The van der Waals surface area contributed by atoms with Crippen LogP contribution in [0.15, 0.2) is 0 Å². The van der Waals surface area contributed by atoms with Crippen molar-refractivity contribution in [3.63, 3.8) is 0 Å². The van der Waals surface area contributed by atoms with Crippen LogP contribution in [0, 0.1) is 13.8 Å². The summed E-state index contributed by atoms with van der Waals surface area (Å²) in [6.45, 7) is 3.49. The molecule has 2 amide bonds. The van der Waals surface area contributed by atoms with Gasteiger partial charge in [-0.15, -0.1) is 5.10 Å². The van der Waals surface area contributed by atoms with Gasteiger partial charge in [0.05, 0.1) is 11.4 Å². The van der Waals surface area contributed by atoms with Crippen LogP contribution in [0.1, 0.15) is 17.8 Å². The van der Waals surface area contributed by atoms with Crippen molar-refractivity contribution in [1.29, 1.82) is 0 Å². The van der Waals surface area contributed by atoms with Crippen LogP contribution in [0.25, 0.3) is 0 Å². The SMILES string of the molecule is Cc1nnc(NC(=O)NCC[C@H](O)C(=O)O)nc1C. The molecule has 0 aliphatic carbocycles. The molecule has 0 saturated heterocycles. The van der Waals surface area contributed by atoms with Gasteiger partial charge >= 0.3 is 12.0 Å². The molecule has 1 aromatic heterocycles. The minimum absolute atomic E-state index is 0.0115. The molecule has 19 heavy (non-hydrogen) atoms. The molecule has 4 N–H and O–H groups in total. The highest BCUT2D eigenvalue weighted by atomic mass is 16.4. The van der Waals surface area contributed by atoms with E-state index in [-0.39, 0.29) is 18.9 Å². The number of aliphatic carboxylic acids is 1. The van der Waals surface area contributed by atoms with Crippen LogP contribution in [-0.2, 0) is 4.79 Å². The lowest BCUT2D eigenvalue weighted by Crippen LogP contribution is -2.33. The molecule has 1 aromatic rings. The summed E-state index contributed by atoms with van der Waals surface area (Å²) in [5.41, 5.74) is 1.31. The van der Waals surface area contributed by atoms with E-state index in [9.17, 15) is 9.59 Å². The fourth-order valence-corrected chi connectivity index (χ4v) is 1.10. The maximum Gasteiger partial charge on any atom is 0.332 e. The van der Waals surface area contributed by atoms with E-state index in [0.29, 0.717) is 11.4 Å². The molecule has 9 heteroatoms. The standard InChI is InChI=1S/C10H15N5O4/c1-5-6(2)14-15-9(12-5)13-10(19)11-4-3-7(16)8(17)18/h7,16H,3-4H2,1-2H3,(H,17,18)(H2,11,12,13,15,19)/t7-/m0/s1. The van der Waals surface area contributed by atoms with Crippen LogP contribution in [0.4, 0.5) is 10.7 Å². The quantitative estimate of drug-likeness (QED) is 0.562. The number of urea groups is 1. The normalized spacial score (nSPS) is 11.7. The molecule has 104 valence electrons. The van der Waals surface area contributed by atoms with Gasteiger partial charge in [-0.25, -0.2) is 14.6 Å². The summed E-state index contributed by atoms with van der Waals surface area (Å²) in [5.74, 6) is -1.27. The van der Waals surface area contributed by atoms with Crippen LogP contribution >= 0.6 is 0 Å². The number of hydrogen-bond acceptors (Lipinski definition) is 6. The van der Waals surface area contributed by atoms with Crippen molar-refractivity contribution in [2.24, 2.45) is 0 Å². The molecule has 0 unspecified atom stereocenters. The molecule has 0 aromatic carbocycles. The molecule has 0 saturated carbocycles. The molecule has 9 nitrogen and oxygen atoms in total. The Labute approximate surface area is 109 Å². The molecular weight excluding hydrogens is 254 g/mol. The van der Waals surface area contributed by atoms with Crippen molar-refractivity contribution in [2.75, 3.05) is 11.9 Å². The second-order valence-corrected chi connectivity index (χ2v) is 3.83. The number of rotatable bonds is 5. The van der Waals surface area contributed by atoms with Crippen molar-refractivity contribution < 1.29 is 19.8 Å². The minimum atomic E-state index is -1.50. The Kier molecular flexibility index (Phi) is 5.12. The van der Waals surface area contributed by atoms with Crippen molar-refractivity contribution in [3.05, 3.63) is 11.4 Å².